The maximum Gasteiger partial charge on any atom is 0.244 e. The van der Waals surface area contributed by atoms with Gasteiger partial charge in [0.05, 0.1) is 0 Å². The summed E-state index contributed by atoms with van der Waals surface area (Å²) in [5.41, 5.74) is 0. The average molecular weight is 251 g/mol. The van der Waals surface area contributed by atoms with Gasteiger partial charge in [0.25, 0.3) is 0 Å². The molecule has 102 valence electrons. The molecule has 0 aliphatic carbocycles. The molecule has 1 aliphatic heterocycles. The highest BCUT2D eigenvalue weighted by Crippen LogP contribution is 2.20. The molecule has 0 spiro atoms. The molecule has 2 rings (SSSR count). The molecular weight excluding hydrogens is 226 g/mol. The smallest absolute Gasteiger partial charge is 0.244 e. The van der Waals surface area contributed by atoms with Gasteiger partial charge in [-0.1, -0.05) is 13.8 Å². The Bertz CT molecular complexity index is 358. The van der Waals surface area contributed by atoms with Gasteiger partial charge in [-0.2, -0.15) is 4.98 Å². The van der Waals surface area contributed by atoms with Gasteiger partial charge in [0, 0.05) is 19.5 Å². The van der Waals surface area contributed by atoms with Gasteiger partial charge in [-0.25, -0.2) is 0 Å². The van der Waals surface area contributed by atoms with E-state index in [2.05, 4.69) is 39.2 Å². The van der Waals surface area contributed by atoms with Gasteiger partial charge in [-0.05, 0) is 38.3 Å². The zero-order valence-corrected chi connectivity index (χ0v) is 11.7. The molecule has 1 aromatic rings. The molecule has 2 N–H and O–H groups in total. The molecule has 1 aromatic heterocycles. The summed E-state index contributed by atoms with van der Waals surface area (Å²) in [5.74, 6) is 3.22. The predicted octanol–water partition coefficient (Wildman–Crippen LogP) is 1.44. The molecule has 18 heavy (non-hydrogen) atoms. The fourth-order valence-corrected chi connectivity index (χ4v) is 2.61. The highest BCUT2D eigenvalue weighted by molar-refractivity contribution is 5.29. The highest BCUT2D eigenvalue weighted by Gasteiger charge is 2.22. The molecule has 5 nitrogen and oxygen atoms in total. The third-order valence-corrected chi connectivity index (χ3v) is 3.42. The number of nitrogens with one attached hydrogen (secondary N) is 2. The Labute approximate surface area is 109 Å². The van der Waals surface area contributed by atoms with E-state index in [4.69, 9.17) is 0 Å². The van der Waals surface area contributed by atoms with Gasteiger partial charge >= 0.3 is 0 Å². The van der Waals surface area contributed by atoms with Crippen LogP contribution < -0.4 is 10.2 Å². The molecule has 1 saturated heterocycles. The Balaban J connectivity index is 1.95. The summed E-state index contributed by atoms with van der Waals surface area (Å²) in [6.45, 7) is 7.64. The van der Waals surface area contributed by atoms with Crippen molar-refractivity contribution in [3.63, 3.8) is 0 Å². The van der Waals surface area contributed by atoms with E-state index in [9.17, 15) is 0 Å². The lowest BCUT2D eigenvalue weighted by Gasteiger charge is -2.31. The number of anilines is 1. The molecular formula is C13H25N5. The van der Waals surface area contributed by atoms with Crippen LogP contribution in [-0.2, 0) is 6.42 Å². The topological polar surface area (TPSA) is 56.8 Å². The standard InChI is InChI=1S/C13H25N5/c1-10(2)7-12-15-13(17-16-12)18-6-4-5-11(9-18)8-14-3/h10-11,14H,4-9H2,1-3H3,(H,15,16,17). The lowest BCUT2D eigenvalue weighted by Crippen LogP contribution is -2.39. The minimum absolute atomic E-state index is 0.615. The van der Waals surface area contributed by atoms with Gasteiger partial charge in [-0.3, -0.25) is 5.10 Å². The molecule has 1 atom stereocenters. The Morgan fingerprint density at radius 2 is 2.33 bits per heavy atom. The molecule has 1 fully saturated rings. The maximum absolute atomic E-state index is 4.61. The van der Waals surface area contributed by atoms with Crippen molar-refractivity contribution in [3.05, 3.63) is 5.82 Å². The van der Waals surface area contributed by atoms with Crippen LogP contribution >= 0.6 is 0 Å². The van der Waals surface area contributed by atoms with Crippen molar-refractivity contribution in [1.29, 1.82) is 0 Å². The summed E-state index contributed by atoms with van der Waals surface area (Å²) in [6.07, 6.45) is 3.52. The minimum atomic E-state index is 0.615. The second kappa shape index (κ2) is 6.18. The van der Waals surface area contributed by atoms with Crippen molar-refractivity contribution in [1.82, 2.24) is 20.5 Å². The maximum atomic E-state index is 4.61. The highest BCUT2D eigenvalue weighted by atomic mass is 15.4. The zero-order valence-electron chi connectivity index (χ0n) is 11.7. The van der Waals surface area contributed by atoms with Gasteiger partial charge in [0.15, 0.2) is 0 Å². The molecule has 1 unspecified atom stereocenters. The molecule has 0 radical (unpaired) electrons. The van der Waals surface area contributed by atoms with E-state index in [1.54, 1.807) is 0 Å². The van der Waals surface area contributed by atoms with E-state index in [1.807, 2.05) is 7.05 Å². The summed E-state index contributed by atoms with van der Waals surface area (Å²) in [4.78, 5) is 6.92. The van der Waals surface area contributed by atoms with Crippen molar-refractivity contribution in [2.45, 2.75) is 33.1 Å². The summed E-state index contributed by atoms with van der Waals surface area (Å²) in [7, 11) is 2.02. The molecule has 1 aliphatic rings. The number of aromatic amines is 1. The Morgan fingerprint density at radius 3 is 3.06 bits per heavy atom. The molecule has 0 saturated carbocycles. The largest absolute Gasteiger partial charge is 0.339 e. The zero-order chi connectivity index (χ0) is 13.0. The third kappa shape index (κ3) is 3.45. The molecule has 5 heteroatoms. The van der Waals surface area contributed by atoms with Gasteiger partial charge in [0.2, 0.25) is 5.95 Å². The number of H-pyrrole nitrogens is 1. The lowest BCUT2D eigenvalue weighted by molar-refractivity contribution is 0.399. The van der Waals surface area contributed by atoms with Crippen LogP contribution in [0.25, 0.3) is 0 Å². The summed E-state index contributed by atoms with van der Waals surface area (Å²) < 4.78 is 0. The van der Waals surface area contributed by atoms with Crippen LogP contribution in [0.15, 0.2) is 0 Å². The fraction of sp³-hybridized carbons (Fsp3) is 0.846. The van der Waals surface area contributed by atoms with Crippen LogP contribution in [0.5, 0.6) is 0 Å². The van der Waals surface area contributed by atoms with Crippen molar-refractivity contribution in [2.75, 3.05) is 31.6 Å². The average Bonchev–Trinajstić information content (AvgIpc) is 2.77. The molecule has 0 aromatic carbocycles. The van der Waals surface area contributed by atoms with Crippen molar-refractivity contribution >= 4 is 5.95 Å². The van der Waals surface area contributed by atoms with Crippen molar-refractivity contribution in [2.24, 2.45) is 11.8 Å². The second-order valence-electron chi connectivity index (χ2n) is 5.69. The summed E-state index contributed by atoms with van der Waals surface area (Å²) in [6, 6.07) is 0. The lowest BCUT2D eigenvalue weighted by atomic mass is 9.98. The van der Waals surface area contributed by atoms with Crippen LogP contribution in [0, 0.1) is 11.8 Å². The van der Waals surface area contributed by atoms with E-state index in [0.717, 1.165) is 43.7 Å². The Hall–Kier alpha value is -1.10. The Morgan fingerprint density at radius 1 is 1.50 bits per heavy atom. The monoisotopic (exact) mass is 251 g/mol. The summed E-state index contributed by atoms with van der Waals surface area (Å²) in [5, 5.41) is 10.7. The van der Waals surface area contributed by atoms with Crippen molar-refractivity contribution < 1.29 is 0 Å². The summed E-state index contributed by atoms with van der Waals surface area (Å²) >= 11 is 0. The van der Waals surface area contributed by atoms with E-state index in [1.165, 1.54) is 12.8 Å². The first-order valence-electron chi connectivity index (χ1n) is 7.00. The van der Waals surface area contributed by atoms with E-state index < -0.39 is 0 Å². The molecule has 0 bridgehead atoms. The van der Waals surface area contributed by atoms with E-state index in [-0.39, 0.29) is 0 Å². The second-order valence-corrected chi connectivity index (χ2v) is 5.69. The number of piperidine rings is 1. The van der Waals surface area contributed by atoms with Crippen molar-refractivity contribution in [3.8, 4) is 0 Å². The number of hydrogen-bond donors (Lipinski definition) is 2. The van der Waals surface area contributed by atoms with Gasteiger partial charge < -0.3 is 10.2 Å². The number of rotatable bonds is 5. The van der Waals surface area contributed by atoms with Crippen LogP contribution in [0.2, 0.25) is 0 Å². The predicted molar refractivity (Wildman–Crippen MR) is 73.8 cm³/mol. The van der Waals surface area contributed by atoms with Gasteiger partial charge in [-0.15, -0.1) is 5.10 Å². The molecule has 0 amide bonds. The fourth-order valence-electron chi connectivity index (χ4n) is 2.61. The minimum Gasteiger partial charge on any atom is -0.339 e. The normalized spacial score (nSPS) is 20.7. The number of aromatic nitrogens is 3. The SMILES string of the molecule is CNCC1CCCN(c2n[nH]c(CC(C)C)n2)C1. The number of hydrogen-bond acceptors (Lipinski definition) is 4. The first-order chi connectivity index (χ1) is 8.69. The van der Waals surface area contributed by atoms with E-state index >= 15 is 0 Å². The first-order valence-corrected chi connectivity index (χ1v) is 7.00. The van der Waals surface area contributed by atoms with E-state index in [0.29, 0.717) is 5.92 Å². The third-order valence-electron chi connectivity index (χ3n) is 3.42. The first kappa shape index (κ1) is 13.3. The quantitative estimate of drug-likeness (QED) is 0.831. The Kier molecular flexibility index (Phi) is 4.58. The van der Waals surface area contributed by atoms with Crippen LogP contribution in [-0.4, -0.2) is 41.9 Å². The van der Waals surface area contributed by atoms with Crippen LogP contribution in [0.4, 0.5) is 5.95 Å². The van der Waals surface area contributed by atoms with Crippen LogP contribution in [0.3, 0.4) is 0 Å². The number of nitrogens with zero attached hydrogens (tertiary/aromatic N) is 3. The van der Waals surface area contributed by atoms with Gasteiger partial charge in [0.1, 0.15) is 5.82 Å². The van der Waals surface area contributed by atoms with Crippen LogP contribution in [0.1, 0.15) is 32.5 Å². The molecule has 2 heterocycles.